The maximum atomic E-state index is 13.1. The molecule has 33 heavy (non-hydrogen) atoms. The van der Waals surface area contributed by atoms with Crippen molar-refractivity contribution in [3.8, 4) is 11.5 Å². The number of benzene rings is 3. The van der Waals surface area contributed by atoms with Gasteiger partial charge in [0.05, 0.1) is 0 Å². The molecule has 0 aromatic heterocycles. The highest BCUT2D eigenvalue weighted by atomic mass is 19.1. The van der Waals surface area contributed by atoms with Gasteiger partial charge in [-0.15, -0.1) is 0 Å². The molecule has 0 saturated heterocycles. The van der Waals surface area contributed by atoms with Crippen molar-refractivity contribution in [1.29, 1.82) is 0 Å². The maximum Gasteiger partial charge on any atom is 0.326 e. The molecule has 1 heterocycles. The van der Waals surface area contributed by atoms with Crippen LogP contribution in [0, 0.1) is 5.82 Å². The van der Waals surface area contributed by atoms with Crippen LogP contribution in [0.3, 0.4) is 0 Å². The van der Waals surface area contributed by atoms with E-state index in [4.69, 9.17) is 14.2 Å². The first-order chi connectivity index (χ1) is 16.0. The highest BCUT2D eigenvalue weighted by molar-refractivity contribution is 5.98. The van der Waals surface area contributed by atoms with E-state index in [0.717, 1.165) is 0 Å². The monoisotopic (exact) mass is 450 g/mol. The average Bonchev–Trinajstić information content (AvgIpc) is 3.31. The van der Waals surface area contributed by atoms with Crippen molar-refractivity contribution in [3.05, 3.63) is 89.7 Å². The summed E-state index contributed by atoms with van der Waals surface area (Å²) in [4.78, 5) is 37.6. The number of hydrogen-bond acceptors (Lipinski definition) is 6. The third kappa shape index (κ3) is 5.45. The van der Waals surface area contributed by atoms with E-state index in [9.17, 15) is 18.8 Å². The van der Waals surface area contributed by atoms with Gasteiger partial charge in [-0.25, -0.2) is 4.39 Å². The Morgan fingerprint density at radius 3 is 2.42 bits per heavy atom. The highest BCUT2D eigenvalue weighted by Crippen LogP contribution is 2.32. The molecule has 4 rings (SSSR count). The van der Waals surface area contributed by atoms with Gasteiger partial charge in [0, 0.05) is 16.8 Å². The Balaban J connectivity index is 1.40. The van der Waals surface area contributed by atoms with E-state index in [1.54, 1.807) is 36.4 Å². The van der Waals surface area contributed by atoms with Crippen LogP contribution in [-0.2, 0) is 14.3 Å². The van der Waals surface area contributed by atoms with Gasteiger partial charge < -0.3 is 24.8 Å². The molecule has 0 spiro atoms. The fraction of sp³-hybridized carbons (Fsp3) is 0.125. The average molecular weight is 450 g/mol. The minimum atomic E-state index is -1.27. The van der Waals surface area contributed by atoms with E-state index < -0.39 is 36.2 Å². The zero-order valence-electron chi connectivity index (χ0n) is 17.2. The highest BCUT2D eigenvalue weighted by Gasteiger charge is 2.25. The number of carbonyl (C=O) groups is 3. The van der Waals surface area contributed by atoms with Gasteiger partial charge in [-0.2, -0.15) is 0 Å². The van der Waals surface area contributed by atoms with Gasteiger partial charge >= 0.3 is 5.97 Å². The lowest BCUT2D eigenvalue weighted by Gasteiger charge is -2.18. The van der Waals surface area contributed by atoms with Crippen molar-refractivity contribution >= 4 is 23.5 Å². The van der Waals surface area contributed by atoms with Gasteiger partial charge in [0.1, 0.15) is 12.4 Å². The number of amides is 2. The molecule has 1 aliphatic rings. The van der Waals surface area contributed by atoms with Crippen LogP contribution >= 0.6 is 0 Å². The molecule has 8 nitrogen and oxygen atoms in total. The lowest BCUT2D eigenvalue weighted by molar-refractivity contribution is -0.153. The molecule has 3 aromatic carbocycles. The molecular weight excluding hydrogens is 431 g/mol. The molecule has 9 heteroatoms. The van der Waals surface area contributed by atoms with Crippen LogP contribution in [-0.4, -0.2) is 31.1 Å². The van der Waals surface area contributed by atoms with Crippen molar-refractivity contribution in [2.75, 3.05) is 18.7 Å². The van der Waals surface area contributed by atoms with E-state index >= 15 is 0 Å². The van der Waals surface area contributed by atoms with Gasteiger partial charge in [-0.05, 0) is 42.5 Å². The predicted molar refractivity (Wildman–Crippen MR) is 115 cm³/mol. The van der Waals surface area contributed by atoms with E-state index in [0.29, 0.717) is 22.7 Å². The second kappa shape index (κ2) is 9.82. The number of hydrogen-bond donors (Lipinski definition) is 2. The Bertz CT molecular complexity index is 1170. The number of carbonyl (C=O) groups excluding carboxylic acids is 3. The summed E-state index contributed by atoms with van der Waals surface area (Å²) in [6.07, 6.45) is -1.27. The number of halogens is 1. The van der Waals surface area contributed by atoms with Crippen molar-refractivity contribution < 1.29 is 33.0 Å². The molecule has 2 N–H and O–H groups in total. The summed E-state index contributed by atoms with van der Waals surface area (Å²) in [5, 5.41) is 5.05. The molecule has 0 fully saturated rings. The van der Waals surface area contributed by atoms with Crippen LogP contribution in [0.2, 0.25) is 0 Å². The number of esters is 1. The van der Waals surface area contributed by atoms with Gasteiger partial charge in [0.25, 0.3) is 11.8 Å². The molecule has 0 aliphatic carbocycles. The number of anilines is 1. The smallest absolute Gasteiger partial charge is 0.326 e. The van der Waals surface area contributed by atoms with E-state index in [1.165, 1.54) is 36.4 Å². The van der Waals surface area contributed by atoms with Crippen LogP contribution in [0.15, 0.2) is 72.8 Å². The lowest BCUT2D eigenvalue weighted by Crippen LogP contribution is -2.33. The largest absolute Gasteiger partial charge is 0.454 e. The second-order valence-electron chi connectivity index (χ2n) is 7.03. The number of fused-ring (bicyclic) bond motifs is 1. The van der Waals surface area contributed by atoms with Crippen molar-refractivity contribution in [2.45, 2.75) is 6.10 Å². The van der Waals surface area contributed by atoms with Crippen LogP contribution < -0.4 is 20.1 Å². The lowest BCUT2D eigenvalue weighted by atomic mass is 10.1. The number of rotatable bonds is 7. The molecule has 2 amide bonds. The van der Waals surface area contributed by atoms with Crippen molar-refractivity contribution in [1.82, 2.24) is 5.32 Å². The Labute approximate surface area is 188 Å². The topological polar surface area (TPSA) is 103 Å². The molecule has 168 valence electrons. The summed E-state index contributed by atoms with van der Waals surface area (Å²) in [6, 6.07) is 18.2. The van der Waals surface area contributed by atoms with Gasteiger partial charge in [0.2, 0.25) is 12.9 Å². The second-order valence-corrected chi connectivity index (χ2v) is 7.03. The summed E-state index contributed by atoms with van der Waals surface area (Å²) in [5.74, 6) is -1.43. The third-order valence-corrected chi connectivity index (χ3v) is 4.73. The van der Waals surface area contributed by atoms with Crippen molar-refractivity contribution in [2.24, 2.45) is 0 Å². The van der Waals surface area contributed by atoms with Crippen LogP contribution in [0.4, 0.5) is 10.1 Å². The van der Waals surface area contributed by atoms with Crippen LogP contribution in [0.25, 0.3) is 0 Å². The standard InChI is InChI=1S/C24H19FN2O6/c25-17-7-9-18(10-8-17)27-24(30)22(15-4-2-1-3-5-15)33-21(28)13-26-23(29)16-6-11-19-20(12-16)32-14-31-19/h1-12,22H,13-14H2,(H,26,29)(H,27,30). The van der Waals surface area contributed by atoms with Gasteiger partial charge in [-0.3, -0.25) is 14.4 Å². The third-order valence-electron chi connectivity index (χ3n) is 4.73. The zero-order valence-corrected chi connectivity index (χ0v) is 17.2. The summed E-state index contributed by atoms with van der Waals surface area (Å²) < 4.78 is 28.9. The fourth-order valence-electron chi connectivity index (χ4n) is 3.11. The number of ether oxygens (including phenoxy) is 3. The van der Waals surface area contributed by atoms with E-state index in [2.05, 4.69) is 10.6 Å². The maximum absolute atomic E-state index is 13.1. The summed E-state index contributed by atoms with van der Waals surface area (Å²) in [6.45, 7) is -0.381. The van der Waals surface area contributed by atoms with Gasteiger partial charge in [-0.1, -0.05) is 30.3 Å². The zero-order chi connectivity index (χ0) is 23.2. The van der Waals surface area contributed by atoms with Gasteiger partial charge in [0.15, 0.2) is 11.5 Å². The normalized spacial score (nSPS) is 12.5. The first-order valence-electron chi connectivity index (χ1n) is 9.98. The first-order valence-corrected chi connectivity index (χ1v) is 9.98. The Kier molecular flexibility index (Phi) is 6.49. The quantitative estimate of drug-likeness (QED) is 0.536. The molecule has 1 atom stereocenters. The van der Waals surface area contributed by atoms with E-state index in [-0.39, 0.29) is 12.4 Å². The fourth-order valence-corrected chi connectivity index (χ4v) is 3.11. The molecule has 1 aliphatic heterocycles. The van der Waals surface area contributed by atoms with Crippen molar-refractivity contribution in [3.63, 3.8) is 0 Å². The Morgan fingerprint density at radius 2 is 1.67 bits per heavy atom. The summed E-state index contributed by atoms with van der Waals surface area (Å²) in [7, 11) is 0. The van der Waals surface area contributed by atoms with E-state index in [1.807, 2.05) is 0 Å². The Hall–Kier alpha value is -4.40. The van der Waals surface area contributed by atoms with Crippen LogP contribution in [0.1, 0.15) is 22.0 Å². The molecule has 1 unspecified atom stereocenters. The Morgan fingerprint density at radius 1 is 0.939 bits per heavy atom. The molecule has 3 aromatic rings. The molecule has 0 radical (unpaired) electrons. The molecule has 0 saturated carbocycles. The predicted octanol–water partition coefficient (Wildman–Crippen LogP) is 3.21. The molecule has 0 bridgehead atoms. The minimum Gasteiger partial charge on any atom is -0.454 e. The first kappa shape index (κ1) is 21.8. The summed E-state index contributed by atoms with van der Waals surface area (Å²) >= 11 is 0. The van der Waals surface area contributed by atoms with Crippen LogP contribution in [0.5, 0.6) is 11.5 Å². The SMILES string of the molecule is O=C(CNC(=O)c1ccc2c(c1)OCO2)OC(C(=O)Nc1ccc(F)cc1)c1ccccc1. The summed E-state index contributed by atoms with van der Waals surface area (Å²) in [5.41, 5.74) is 1.06. The number of nitrogens with one attached hydrogen (secondary N) is 2. The molecular formula is C24H19FN2O6. The minimum absolute atomic E-state index is 0.0770.